The molecule has 28 heavy (non-hydrogen) atoms. The Morgan fingerprint density at radius 1 is 0.750 bits per heavy atom. The highest BCUT2D eigenvalue weighted by atomic mass is 32.2. The van der Waals surface area contributed by atoms with Crippen molar-refractivity contribution < 1.29 is 10.2 Å². The van der Waals surface area contributed by atoms with Gasteiger partial charge in [0.15, 0.2) is 0 Å². The maximum absolute atomic E-state index is 9.17. The first-order chi connectivity index (χ1) is 13.5. The van der Waals surface area contributed by atoms with Gasteiger partial charge in [-0.05, 0) is 24.0 Å². The van der Waals surface area contributed by atoms with Crippen molar-refractivity contribution in [1.29, 1.82) is 0 Å². The smallest absolute Gasteiger partial charge is 0.136 e. The van der Waals surface area contributed by atoms with Gasteiger partial charge in [0.1, 0.15) is 8.64 Å². The van der Waals surface area contributed by atoms with Gasteiger partial charge in [-0.1, -0.05) is 86.1 Å². The van der Waals surface area contributed by atoms with E-state index in [4.69, 9.17) is 24.4 Å². The average Bonchev–Trinajstić information content (AvgIpc) is 2.70. The van der Waals surface area contributed by atoms with Gasteiger partial charge in [0.05, 0.1) is 13.2 Å². The van der Waals surface area contributed by atoms with Crippen molar-refractivity contribution >= 4 is 56.6 Å². The van der Waals surface area contributed by atoms with Crippen LogP contribution in [0.5, 0.6) is 0 Å². The summed E-state index contributed by atoms with van der Waals surface area (Å²) in [7, 11) is 0. The number of thioether (sulfide) groups is 2. The fraction of sp³-hybridized carbons (Fsp3) is 0.600. The number of benzene rings is 1. The van der Waals surface area contributed by atoms with E-state index in [-0.39, 0.29) is 13.2 Å². The molecule has 0 aliphatic carbocycles. The molecule has 0 saturated carbocycles. The highest BCUT2D eigenvalue weighted by molar-refractivity contribution is 8.22. The fourth-order valence-corrected chi connectivity index (χ4v) is 4.99. The fourth-order valence-electron chi connectivity index (χ4n) is 2.57. The van der Waals surface area contributed by atoms with E-state index in [1.807, 2.05) is 0 Å². The topological polar surface area (TPSA) is 46.9 Å². The predicted octanol–water partition coefficient (Wildman–Crippen LogP) is 4.13. The molecule has 0 aromatic heterocycles. The summed E-state index contributed by atoms with van der Waals surface area (Å²) in [6, 6.07) is 8.56. The number of rotatable bonds is 12. The number of aliphatic hydroxyl groups is 2. The van der Waals surface area contributed by atoms with Crippen molar-refractivity contribution in [1.82, 2.24) is 9.80 Å². The number of nitrogens with zero attached hydrogens (tertiary/aromatic N) is 2. The number of hydrogen-bond donors (Lipinski definition) is 2. The van der Waals surface area contributed by atoms with Gasteiger partial charge in [-0.2, -0.15) is 0 Å². The molecule has 1 rings (SSSR count). The lowest BCUT2D eigenvalue weighted by Crippen LogP contribution is -2.31. The van der Waals surface area contributed by atoms with Crippen LogP contribution in [-0.2, 0) is 11.5 Å². The molecule has 1 aromatic rings. The minimum Gasteiger partial charge on any atom is -0.395 e. The molecule has 0 atom stereocenters. The second kappa shape index (κ2) is 15.5. The number of aliphatic hydroxyl groups excluding tert-OH is 2. The van der Waals surface area contributed by atoms with Crippen LogP contribution in [0.2, 0.25) is 0 Å². The maximum atomic E-state index is 9.17. The summed E-state index contributed by atoms with van der Waals surface area (Å²) in [5.74, 6) is 1.66. The highest BCUT2D eigenvalue weighted by Gasteiger charge is 2.10. The largest absolute Gasteiger partial charge is 0.395 e. The van der Waals surface area contributed by atoms with E-state index in [1.54, 1.807) is 23.5 Å². The van der Waals surface area contributed by atoms with Crippen molar-refractivity contribution in [2.75, 3.05) is 39.4 Å². The highest BCUT2D eigenvalue weighted by Crippen LogP contribution is 2.20. The lowest BCUT2D eigenvalue weighted by molar-refractivity contribution is 0.252. The van der Waals surface area contributed by atoms with Crippen LogP contribution in [-0.4, -0.2) is 68.0 Å². The van der Waals surface area contributed by atoms with Crippen molar-refractivity contribution in [3.63, 3.8) is 0 Å². The van der Waals surface area contributed by atoms with E-state index in [0.717, 1.165) is 46.1 Å². The van der Waals surface area contributed by atoms with Crippen molar-refractivity contribution in [2.24, 2.45) is 0 Å². The van der Waals surface area contributed by atoms with Crippen molar-refractivity contribution in [3.05, 3.63) is 35.4 Å². The maximum Gasteiger partial charge on any atom is 0.136 e. The Hall–Kier alpha value is -0.380. The summed E-state index contributed by atoms with van der Waals surface area (Å²) in [4.78, 5) is 4.14. The summed E-state index contributed by atoms with van der Waals surface area (Å²) in [6.45, 7) is 7.45. The van der Waals surface area contributed by atoms with Crippen LogP contribution in [0.25, 0.3) is 0 Å². The molecule has 0 heterocycles. The minimum atomic E-state index is 0.128. The molecule has 1 aromatic carbocycles. The molecule has 8 heteroatoms. The summed E-state index contributed by atoms with van der Waals surface area (Å²) in [5.41, 5.74) is 2.47. The Morgan fingerprint density at radius 2 is 1.11 bits per heavy atom. The number of hydrogen-bond acceptors (Lipinski definition) is 6. The van der Waals surface area contributed by atoms with Crippen molar-refractivity contribution in [3.8, 4) is 0 Å². The third kappa shape index (κ3) is 9.89. The molecule has 0 aliphatic rings. The van der Waals surface area contributed by atoms with E-state index in [2.05, 4.69) is 47.9 Å². The molecule has 2 N–H and O–H groups in total. The monoisotopic (exact) mass is 460 g/mol. The minimum absolute atomic E-state index is 0.128. The van der Waals surface area contributed by atoms with Crippen molar-refractivity contribution in [2.45, 2.75) is 38.2 Å². The van der Waals surface area contributed by atoms with E-state index in [0.29, 0.717) is 13.1 Å². The van der Waals surface area contributed by atoms with E-state index in [9.17, 15) is 10.2 Å². The molecule has 158 valence electrons. The summed E-state index contributed by atoms with van der Waals surface area (Å²) in [6.07, 6.45) is 2.03. The third-order valence-electron chi connectivity index (χ3n) is 3.99. The first-order valence-corrected chi connectivity index (χ1v) is 12.5. The molecule has 0 aliphatic heterocycles. The third-order valence-corrected chi connectivity index (χ3v) is 7.18. The predicted molar refractivity (Wildman–Crippen MR) is 132 cm³/mol. The molecular weight excluding hydrogens is 429 g/mol. The van der Waals surface area contributed by atoms with Crippen LogP contribution in [0.1, 0.15) is 37.8 Å². The second-order valence-electron chi connectivity index (χ2n) is 6.35. The molecule has 0 fully saturated rings. The molecule has 0 amide bonds. The van der Waals surface area contributed by atoms with Crippen LogP contribution in [0.4, 0.5) is 0 Å². The van der Waals surface area contributed by atoms with Crippen LogP contribution in [0.3, 0.4) is 0 Å². The van der Waals surface area contributed by atoms with Gasteiger partial charge in [0.2, 0.25) is 0 Å². The van der Waals surface area contributed by atoms with Gasteiger partial charge >= 0.3 is 0 Å². The van der Waals surface area contributed by atoms with Gasteiger partial charge in [0, 0.05) is 37.7 Å². The quantitative estimate of drug-likeness (QED) is 0.452. The Bertz CT molecular complexity index is 521. The lowest BCUT2D eigenvalue weighted by atomic mass is 10.2. The van der Waals surface area contributed by atoms with E-state index < -0.39 is 0 Å². The van der Waals surface area contributed by atoms with Gasteiger partial charge in [0.25, 0.3) is 0 Å². The SMILES string of the molecule is CCCN(CCO)C(=S)SCc1ccc(CSC(=S)N(CCC)CCO)cc1. The summed E-state index contributed by atoms with van der Waals surface area (Å²) < 4.78 is 1.70. The molecule has 0 unspecified atom stereocenters. The lowest BCUT2D eigenvalue weighted by Gasteiger charge is -2.23. The zero-order chi connectivity index (χ0) is 20.8. The van der Waals surface area contributed by atoms with Crippen LogP contribution >= 0.6 is 48.0 Å². The Labute approximate surface area is 189 Å². The first-order valence-electron chi connectivity index (χ1n) is 9.68. The molecular formula is C20H32N2O2S4. The first kappa shape index (κ1) is 25.7. The van der Waals surface area contributed by atoms with Gasteiger partial charge < -0.3 is 20.0 Å². The van der Waals surface area contributed by atoms with Gasteiger partial charge in [-0.3, -0.25) is 0 Å². The van der Waals surface area contributed by atoms with Crippen LogP contribution < -0.4 is 0 Å². The summed E-state index contributed by atoms with van der Waals surface area (Å²) >= 11 is 14.3. The van der Waals surface area contributed by atoms with Gasteiger partial charge in [-0.15, -0.1) is 0 Å². The zero-order valence-corrected chi connectivity index (χ0v) is 20.1. The number of thiocarbonyl (C=S) groups is 2. The van der Waals surface area contributed by atoms with Gasteiger partial charge in [-0.25, -0.2) is 0 Å². The van der Waals surface area contributed by atoms with E-state index >= 15 is 0 Å². The molecule has 0 radical (unpaired) electrons. The second-order valence-corrected chi connectivity index (χ2v) is 9.57. The van der Waals surface area contributed by atoms with Crippen LogP contribution in [0, 0.1) is 0 Å². The Kier molecular flexibility index (Phi) is 14.2. The molecule has 0 spiro atoms. The average molecular weight is 461 g/mol. The van der Waals surface area contributed by atoms with E-state index in [1.165, 1.54) is 11.1 Å². The van der Waals surface area contributed by atoms with Crippen LogP contribution in [0.15, 0.2) is 24.3 Å². The Balaban J connectivity index is 2.48. The zero-order valence-electron chi connectivity index (χ0n) is 16.8. The normalized spacial score (nSPS) is 10.7. The molecule has 0 saturated heterocycles. The molecule has 4 nitrogen and oxygen atoms in total. The Morgan fingerprint density at radius 3 is 1.39 bits per heavy atom. The molecule has 0 bridgehead atoms. The standard InChI is InChI=1S/C20H32N2O2S4/c1-3-9-21(11-13-23)19(25)27-15-17-5-7-18(8-6-17)16-28-20(26)22(10-4-2)12-14-24/h5-8,23-24H,3-4,9-16H2,1-2H3. The summed E-state index contributed by atoms with van der Waals surface area (Å²) in [5, 5.41) is 18.3.